The lowest BCUT2D eigenvalue weighted by Gasteiger charge is -2.33. The molecule has 1 atom stereocenters. The van der Waals surface area contributed by atoms with Crippen LogP contribution in [-0.2, 0) is 26.2 Å². The van der Waals surface area contributed by atoms with Gasteiger partial charge in [-0.15, -0.1) is 0 Å². The molecule has 0 saturated heterocycles. The summed E-state index contributed by atoms with van der Waals surface area (Å²) in [5.41, 5.74) is 4.06. The Morgan fingerprint density at radius 1 is 0.872 bits per heavy atom. The molecule has 1 N–H and O–H groups in total. The first-order valence-corrected chi connectivity index (χ1v) is 14.8. The molecule has 3 aromatic carbocycles. The van der Waals surface area contributed by atoms with Gasteiger partial charge < -0.3 is 10.2 Å². The molecule has 0 aliphatic rings. The lowest BCUT2D eigenvalue weighted by molar-refractivity contribution is -0.140. The minimum absolute atomic E-state index is 0.0940. The topological polar surface area (TPSA) is 86.8 Å². The van der Waals surface area contributed by atoms with Crippen LogP contribution in [0.2, 0.25) is 0 Å². The van der Waals surface area contributed by atoms with Crippen molar-refractivity contribution >= 4 is 27.5 Å². The van der Waals surface area contributed by atoms with E-state index < -0.39 is 28.5 Å². The fraction of sp³-hybridized carbons (Fsp3) is 0.355. The summed E-state index contributed by atoms with van der Waals surface area (Å²) in [7, 11) is -4.08. The maximum Gasteiger partial charge on any atom is 0.264 e. The normalized spacial score (nSPS) is 12.0. The van der Waals surface area contributed by atoms with Gasteiger partial charge in [-0.1, -0.05) is 74.0 Å². The predicted octanol–water partition coefficient (Wildman–Crippen LogP) is 5.14. The van der Waals surface area contributed by atoms with Crippen LogP contribution in [0.1, 0.15) is 48.9 Å². The summed E-state index contributed by atoms with van der Waals surface area (Å²) in [5, 5.41) is 2.91. The number of hydrogen-bond acceptors (Lipinski definition) is 4. The Morgan fingerprint density at radius 2 is 1.54 bits per heavy atom. The molecular weight excluding hydrogens is 510 g/mol. The van der Waals surface area contributed by atoms with E-state index in [0.717, 1.165) is 28.7 Å². The first-order chi connectivity index (χ1) is 18.6. The largest absolute Gasteiger partial charge is 0.354 e. The van der Waals surface area contributed by atoms with Crippen molar-refractivity contribution in [1.82, 2.24) is 10.2 Å². The highest BCUT2D eigenvalue weighted by Crippen LogP contribution is 2.29. The molecule has 39 heavy (non-hydrogen) atoms. The van der Waals surface area contributed by atoms with Gasteiger partial charge in [0.1, 0.15) is 12.6 Å². The third-order valence-corrected chi connectivity index (χ3v) is 8.64. The average Bonchev–Trinajstić information content (AvgIpc) is 2.93. The third-order valence-electron chi connectivity index (χ3n) is 6.86. The first-order valence-electron chi connectivity index (χ1n) is 13.4. The summed E-state index contributed by atoms with van der Waals surface area (Å²) in [6.07, 6.45) is 1.16. The fourth-order valence-electron chi connectivity index (χ4n) is 4.41. The van der Waals surface area contributed by atoms with Crippen molar-refractivity contribution in [3.63, 3.8) is 0 Å². The molecule has 8 heteroatoms. The van der Waals surface area contributed by atoms with Crippen molar-refractivity contribution in [1.29, 1.82) is 0 Å². The van der Waals surface area contributed by atoms with Crippen LogP contribution in [0.25, 0.3) is 0 Å². The number of rotatable bonds is 12. The Kier molecular flexibility index (Phi) is 10.3. The number of anilines is 1. The van der Waals surface area contributed by atoms with Gasteiger partial charge in [0.2, 0.25) is 11.8 Å². The lowest BCUT2D eigenvalue weighted by Crippen LogP contribution is -2.52. The number of hydrogen-bond donors (Lipinski definition) is 1. The number of nitrogens with zero attached hydrogens (tertiary/aromatic N) is 2. The molecule has 208 valence electrons. The maximum atomic E-state index is 14.1. The highest BCUT2D eigenvalue weighted by Gasteiger charge is 2.34. The summed E-state index contributed by atoms with van der Waals surface area (Å²) in [6, 6.07) is 20.5. The third kappa shape index (κ3) is 7.26. The van der Waals surface area contributed by atoms with Crippen molar-refractivity contribution in [2.24, 2.45) is 0 Å². The molecule has 0 spiro atoms. The molecule has 0 saturated carbocycles. The van der Waals surface area contributed by atoms with Gasteiger partial charge in [0.05, 0.1) is 10.6 Å². The number of sulfonamides is 1. The molecule has 3 rings (SSSR count). The summed E-state index contributed by atoms with van der Waals surface area (Å²) >= 11 is 0. The van der Waals surface area contributed by atoms with E-state index in [2.05, 4.69) is 5.32 Å². The van der Waals surface area contributed by atoms with Crippen LogP contribution in [0.15, 0.2) is 77.7 Å². The van der Waals surface area contributed by atoms with Gasteiger partial charge in [-0.3, -0.25) is 13.9 Å². The van der Waals surface area contributed by atoms with Crippen molar-refractivity contribution in [2.75, 3.05) is 17.4 Å². The number of carbonyl (C=O) groups excluding carboxylic acids is 2. The van der Waals surface area contributed by atoms with Crippen molar-refractivity contribution in [2.45, 2.75) is 64.9 Å². The number of amides is 2. The van der Waals surface area contributed by atoms with Gasteiger partial charge in [-0.25, -0.2) is 8.42 Å². The second-order valence-electron chi connectivity index (χ2n) is 9.77. The fourth-order valence-corrected chi connectivity index (χ4v) is 5.91. The highest BCUT2D eigenvalue weighted by molar-refractivity contribution is 7.92. The minimum Gasteiger partial charge on any atom is -0.354 e. The molecule has 0 unspecified atom stereocenters. The smallest absolute Gasteiger partial charge is 0.264 e. The van der Waals surface area contributed by atoms with Crippen LogP contribution < -0.4 is 9.62 Å². The SMILES string of the molecule is CCCNC(=O)[C@H](CC)N(Cc1ccc(C)cc1)C(=O)CN(c1cccc(C)c1C)S(=O)(=O)c1ccccc1. The van der Waals surface area contributed by atoms with E-state index >= 15 is 0 Å². The Balaban J connectivity index is 2.08. The van der Waals surface area contributed by atoms with Gasteiger partial charge in [0, 0.05) is 13.1 Å². The molecule has 2 amide bonds. The van der Waals surface area contributed by atoms with Crippen LogP contribution in [0.3, 0.4) is 0 Å². The molecule has 0 aliphatic heterocycles. The van der Waals surface area contributed by atoms with Gasteiger partial charge in [0.25, 0.3) is 10.0 Å². The van der Waals surface area contributed by atoms with E-state index in [4.69, 9.17) is 0 Å². The van der Waals surface area contributed by atoms with Crippen molar-refractivity contribution < 1.29 is 18.0 Å². The van der Waals surface area contributed by atoms with E-state index in [1.165, 1.54) is 21.3 Å². The van der Waals surface area contributed by atoms with E-state index in [0.29, 0.717) is 18.7 Å². The van der Waals surface area contributed by atoms with E-state index in [1.807, 2.05) is 65.0 Å². The Hall–Kier alpha value is -3.65. The molecule has 0 bridgehead atoms. The molecule has 0 aromatic heterocycles. The van der Waals surface area contributed by atoms with Crippen LogP contribution in [0.5, 0.6) is 0 Å². The zero-order valence-electron chi connectivity index (χ0n) is 23.5. The zero-order valence-corrected chi connectivity index (χ0v) is 24.3. The first kappa shape index (κ1) is 29.9. The van der Waals surface area contributed by atoms with Gasteiger partial charge in [0.15, 0.2) is 0 Å². The molecule has 7 nitrogen and oxygen atoms in total. The van der Waals surface area contributed by atoms with Gasteiger partial charge in [-0.2, -0.15) is 0 Å². The number of aryl methyl sites for hydroxylation is 2. The van der Waals surface area contributed by atoms with Crippen LogP contribution in [0.4, 0.5) is 5.69 Å². The quantitative estimate of drug-likeness (QED) is 0.339. The predicted molar refractivity (Wildman–Crippen MR) is 156 cm³/mol. The second kappa shape index (κ2) is 13.4. The summed E-state index contributed by atoms with van der Waals surface area (Å²) in [5.74, 6) is -0.696. The average molecular weight is 550 g/mol. The Morgan fingerprint density at radius 3 is 2.15 bits per heavy atom. The zero-order chi connectivity index (χ0) is 28.6. The lowest BCUT2D eigenvalue weighted by atomic mass is 10.1. The van der Waals surface area contributed by atoms with E-state index in [9.17, 15) is 18.0 Å². The number of benzene rings is 3. The van der Waals surface area contributed by atoms with Crippen LogP contribution in [0, 0.1) is 20.8 Å². The van der Waals surface area contributed by atoms with E-state index in [1.54, 1.807) is 30.3 Å². The maximum absolute atomic E-state index is 14.1. The summed E-state index contributed by atoms with van der Waals surface area (Å²) in [6.45, 7) is 9.80. The molecule has 0 radical (unpaired) electrons. The van der Waals surface area contributed by atoms with Crippen LogP contribution in [-0.4, -0.2) is 44.3 Å². The molecule has 3 aromatic rings. The monoisotopic (exact) mass is 549 g/mol. The van der Waals surface area contributed by atoms with E-state index in [-0.39, 0.29) is 17.3 Å². The van der Waals surface area contributed by atoms with Crippen molar-refractivity contribution in [3.05, 3.63) is 95.1 Å². The number of nitrogens with one attached hydrogen (secondary N) is 1. The summed E-state index contributed by atoms with van der Waals surface area (Å²) < 4.78 is 29.1. The minimum atomic E-state index is -4.08. The highest BCUT2D eigenvalue weighted by atomic mass is 32.2. The molecule has 0 aliphatic carbocycles. The molecular formula is C31H39N3O4S. The Labute approximate surface area is 232 Å². The molecule has 0 heterocycles. The van der Waals surface area contributed by atoms with Crippen LogP contribution >= 0.6 is 0 Å². The van der Waals surface area contributed by atoms with Gasteiger partial charge >= 0.3 is 0 Å². The van der Waals surface area contributed by atoms with Crippen molar-refractivity contribution in [3.8, 4) is 0 Å². The number of carbonyl (C=O) groups is 2. The second-order valence-corrected chi connectivity index (χ2v) is 11.6. The standard InChI is InChI=1S/C31H39N3O4S/c1-6-20-32-31(36)28(7-2)33(21-26-18-16-23(3)17-19-26)30(35)22-34(29-15-11-12-24(4)25(29)5)39(37,38)27-13-9-8-10-14-27/h8-19,28H,6-7,20-22H2,1-5H3,(H,32,36)/t28-/m0/s1. The van der Waals surface area contributed by atoms with Gasteiger partial charge in [-0.05, 0) is 68.5 Å². The summed E-state index contributed by atoms with van der Waals surface area (Å²) in [4.78, 5) is 28.9. The Bertz CT molecular complexity index is 1370. The molecule has 0 fully saturated rings.